The fourth-order valence-electron chi connectivity index (χ4n) is 2.80. The topological polar surface area (TPSA) is 67.2 Å². The number of rotatable bonds is 5. The van der Waals surface area contributed by atoms with Gasteiger partial charge >= 0.3 is 5.97 Å². The molecule has 4 heteroatoms. The number of nitrogens with one attached hydrogen (secondary N) is 1. The van der Waals surface area contributed by atoms with Crippen LogP contribution in [0.5, 0.6) is 5.75 Å². The van der Waals surface area contributed by atoms with Crippen LogP contribution in [-0.2, 0) is 11.2 Å². The number of isocyanates is 1. The molecule has 1 N–H and O–H groups in total. The Morgan fingerprint density at radius 1 is 0.929 bits per heavy atom. The number of benzene rings is 3. The van der Waals surface area contributed by atoms with Crippen molar-refractivity contribution in [3.05, 3.63) is 101 Å². The molecule has 0 aliphatic rings. The van der Waals surface area contributed by atoms with Crippen LogP contribution in [-0.4, -0.2) is 12.0 Å². The van der Waals surface area contributed by atoms with E-state index in [2.05, 4.69) is 26.0 Å². The van der Waals surface area contributed by atoms with Gasteiger partial charge in [-0.15, -0.1) is 0 Å². The summed E-state index contributed by atoms with van der Waals surface area (Å²) in [4.78, 5) is 20.6. The van der Waals surface area contributed by atoms with Crippen LogP contribution in [0.15, 0.2) is 78.9 Å². The second-order valence-electron chi connectivity index (χ2n) is 6.24. The minimum atomic E-state index is -0.327. The molecule has 0 aliphatic carbocycles. The quantitative estimate of drug-likeness (QED) is 0.277. The molecule has 3 rings (SSSR count). The Labute approximate surface area is 165 Å². The second kappa shape index (κ2) is 10.6. The van der Waals surface area contributed by atoms with E-state index in [-0.39, 0.29) is 5.97 Å². The maximum absolute atomic E-state index is 12.2. The molecular formula is C24H23NO3. The molecule has 0 aromatic heterocycles. The Kier molecular flexibility index (Phi) is 7.89. The Hall–Kier alpha value is -3.49. The predicted molar refractivity (Wildman–Crippen MR) is 110 cm³/mol. The van der Waals surface area contributed by atoms with Crippen molar-refractivity contribution >= 4 is 12.0 Å². The van der Waals surface area contributed by atoms with Crippen molar-refractivity contribution in [1.29, 1.82) is 5.41 Å². The lowest BCUT2D eigenvalue weighted by Gasteiger charge is -2.13. The van der Waals surface area contributed by atoms with Crippen LogP contribution in [0.2, 0.25) is 0 Å². The maximum atomic E-state index is 12.2. The van der Waals surface area contributed by atoms with Crippen molar-refractivity contribution in [3.8, 4) is 5.75 Å². The zero-order valence-electron chi connectivity index (χ0n) is 16.0. The summed E-state index contributed by atoms with van der Waals surface area (Å²) in [5.41, 5.74) is 4.23. The van der Waals surface area contributed by atoms with E-state index in [0.29, 0.717) is 17.2 Å². The molecule has 0 spiro atoms. The van der Waals surface area contributed by atoms with E-state index in [1.807, 2.05) is 66.7 Å². The summed E-state index contributed by atoms with van der Waals surface area (Å²) in [6.45, 7) is 4.26. The van der Waals surface area contributed by atoms with Crippen molar-refractivity contribution in [3.63, 3.8) is 0 Å². The van der Waals surface area contributed by atoms with Crippen molar-refractivity contribution in [2.75, 3.05) is 0 Å². The lowest BCUT2D eigenvalue weighted by molar-refractivity contribution is 0.0734. The van der Waals surface area contributed by atoms with Crippen molar-refractivity contribution in [2.45, 2.75) is 26.2 Å². The third-order valence-corrected chi connectivity index (χ3v) is 4.49. The van der Waals surface area contributed by atoms with Crippen molar-refractivity contribution in [2.24, 2.45) is 0 Å². The minimum absolute atomic E-state index is 0.299. The largest absolute Gasteiger partial charge is 0.423 e. The summed E-state index contributed by atoms with van der Waals surface area (Å²) in [5, 5.41) is 5.40. The minimum Gasteiger partial charge on any atom is -0.423 e. The normalized spacial score (nSPS) is 10.8. The highest BCUT2D eigenvalue weighted by Gasteiger charge is 2.11. The summed E-state index contributed by atoms with van der Waals surface area (Å²) < 4.78 is 5.48. The third-order valence-electron chi connectivity index (χ3n) is 4.49. The van der Waals surface area contributed by atoms with Crippen LogP contribution in [0.25, 0.3) is 0 Å². The number of esters is 1. The predicted octanol–water partition coefficient (Wildman–Crippen LogP) is 5.52. The van der Waals surface area contributed by atoms with Gasteiger partial charge in [-0.05, 0) is 47.4 Å². The van der Waals surface area contributed by atoms with Gasteiger partial charge in [0, 0.05) is 5.92 Å². The first-order chi connectivity index (χ1) is 13.6. The molecule has 0 fully saturated rings. The van der Waals surface area contributed by atoms with E-state index >= 15 is 0 Å². The summed E-state index contributed by atoms with van der Waals surface area (Å²) in [5.74, 6) is 0.535. The van der Waals surface area contributed by atoms with Crippen LogP contribution in [0.1, 0.15) is 46.8 Å². The van der Waals surface area contributed by atoms with Crippen LogP contribution >= 0.6 is 0 Å². The van der Waals surface area contributed by atoms with Gasteiger partial charge < -0.3 is 4.74 Å². The van der Waals surface area contributed by atoms with Crippen molar-refractivity contribution in [1.82, 2.24) is 0 Å². The highest BCUT2D eigenvalue weighted by Crippen LogP contribution is 2.25. The molecule has 0 saturated heterocycles. The third kappa shape index (κ3) is 5.76. The van der Waals surface area contributed by atoms with Crippen LogP contribution in [0, 0.1) is 5.41 Å². The lowest BCUT2D eigenvalue weighted by atomic mass is 9.93. The number of carbonyl (C=O) groups is 1. The average molecular weight is 373 g/mol. The lowest BCUT2D eigenvalue weighted by Crippen LogP contribution is -2.08. The number of ether oxygens (including phenoxy) is 1. The van der Waals surface area contributed by atoms with E-state index < -0.39 is 0 Å². The van der Waals surface area contributed by atoms with E-state index in [1.54, 1.807) is 0 Å². The Morgan fingerprint density at radius 2 is 1.46 bits per heavy atom. The van der Waals surface area contributed by atoms with Gasteiger partial charge in [-0.3, -0.25) is 0 Å². The van der Waals surface area contributed by atoms with E-state index in [9.17, 15) is 4.79 Å². The van der Waals surface area contributed by atoms with Gasteiger partial charge in [0.2, 0.25) is 6.08 Å². The molecule has 1 unspecified atom stereocenters. The van der Waals surface area contributed by atoms with Gasteiger partial charge in [0.1, 0.15) is 5.75 Å². The van der Waals surface area contributed by atoms with E-state index in [1.165, 1.54) is 16.7 Å². The number of hydrogen-bond donors (Lipinski definition) is 1. The summed E-state index contributed by atoms with van der Waals surface area (Å²) in [6, 6.07) is 25.6. The molecule has 142 valence electrons. The van der Waals surface area contributed by atoms with Gasteiger partial charge in [-0.1, -0.05) is 68.4 Å². The standard InChI is InChI=1S/C23H22O2.CHNO/c1-3-18-9-11-21(12-10-18)23(24)25-22-15-13-20(14-16-22)17(2)19-7-5-4-6-8-19;2-1-3/h4-17H,3H2,1-2H3;2H. The van der Waals surface area contributed by atoms with Gasteiger partial charge in [0.05, 0.1) is 5.56 Å². The smallest absolute Gasteiger partial charge is 0.343 e. The molecule has 0 bridgehead atoms. The fraction of sp³-hybridized carbons (Fsp3) is 0.167. The Bertz CT molecular complexity index is 910. The zero-order chi connectivity index (χ0) is 20.4. The fourth-order valence-corrected chi connectivity index (χ4v) is 2.80. The molecule has 0 radical (unpaired) electrons. The Morgan fingerprint density at radius 3 is 2.00 bits per heavy atom. The number of hydrogen-bond acceptors (Lipinski definition) is 4. The van der Waals surface area contributed by atoms with Gasteiger partial charge in [-0.25, -0.2) is 15.0 Å². The highest BCUT2D eigenvalue weighted by atomic mass is 16.5. The van der Waals surface area contributed by atoms with Gasteiger partial charge in [0.25, 0.3) is 0 Å². The first-order valence-corrected chi connectivity index (χ1v) is 9.09. The SMILES string of the molecule is CCc1ccc(C(=O)Oc2ccc(C(C)c3ccccc3)cc2)cc1.N=C=O. The monoisotopic (exact) mass is 373 g/mol. The van der Waals surface area contributed by atoms with Crippen LogP contribution in [0.3, 0.4) is 0 Å². The summed E-state index contributed by atoms with van der Waals surface area (Å²) in [7, 11) is 0. The maximum Gasteiger partial charge on any atom is 0.343 e. The first-order valence-electron chi connectivity index (χ1n) is 9.09. The van der Waals surface area contributed by atoms with E-state index in [0.717, 1.165) is 12.5 Å². The first kappa shape index (κ1) is 20.8. The highest BCUT2D eigenvalue weighted by molar-refractivity contribution is 5.91. The number of carbonyl (C=O) groups excluding carboxylic acids is 2. The molecule has 3 aromatic rings. The molecule has 28 heavy (non-hydrogen) atoms. The molecule has 0 amide bonds. The molecule has 1 atom stereocenters. The summed E-state index contributed by atoms with van der Waals surface area (Å²) >= 11 is 0. The molecule has 0 aliphatic heterocycles. The van der Waals surface area contributed by atoms with Crippen molar-refractivity contribution < 1.29 is 14.3 Å². The van der Waals surface area contributed by atoms with Crippen LogP contribution < -0.4 is 4.74 Å². The molecule has 0 saturated carbocycles. The van der Waals surface area contributed by atoms with Gasteiger partial charge in [0.15, 0.2) is 0 Å². The number of aryl methyl sites for hydroxylation is 1. The average Bonchev–Trinajstić information content (AvgIpc) is 2.75. The second-order valence-corrected chi connectivity index (χ2v) is 6.24. The van der Waals surface area contributed by atoms with Gasteiger partial charge in [-0.2, -0.15) is 0 Å². The molecule has 3 aromatic carbocycles. The zero-order valence-corrected chi connectivity index (χ0v) is 16.0. The van der Waals surface area contributed by atoms with Crippen LogP contribution in [0.4, 0.5) is 0 Å². The molecule has 0 heterocycles. The molecule has 4 nitrogen and oxygen atoms in total. The molecular weight excluding hydrogens is 350 g/mol. The van der Waals surface area contributed by atoms with E-state index in [4.69, 9.17) is 14.9 Å². The Balaban J connectivity index is 0.000000878. The summed E-state index contributed by atoms with van der Waals surface area (Å²) in [6.07, 6.45) is 1.70.